The van der Waals surface area contributed by atoms with Crippen LogP contribution in [0.5, 0.6) is 5.75 Å². The maximum absolute atomic E-state index is 13.5. The molecule has 0 bridgehead atoms. The van der Waals surface area contributed by atoms with Crippen molar-refractivity contribution in [1.29, 1.82) is 0 Å². The van der Waals surface area contributed by atoms with Crippen LogP contribution in [0.4, 0.5) is 4.39 Å². The fourth-order valence-corrected chi connectivity index (χ4v) is 3.84. The second-order valence-electron chi connectivity index (χ2n) is 7.77. The summed E-state index contributed by atoms with van der Waals surface area (Å²) in [6.45, 7) is 6.10. The molecule has 1 N–H and O–H groups in total. The van der Waals surface area contributed by atoms with Crippen molar-refractivity contribution in [3.63, 3.8) is 0 Å². The summed E-state index contributed by atoms with van der Waals surface area (Å²) < 4.78 is 18.9. The molecule has 1 unspecified atom stereocenters. The molecule has 0 radical (unpaired) electrons. The summed E-state index contributed by atoms with van der Waals surface area (Å²) in [6.07, 6.45) is 4.01. The van der Waals surface area contributed by atoms with Gasteiger partial charge in [-0.25, -0.2) is 4.39 Å². The Morgan fingerprint density at radius 3 is 2.32 bits per heavy atom. The van der Waals surface area contributed by atoms with Crippen LogP contribution in [0, 0.1) is 5.82 Å². The minimum Gasteiger partial charge on any atom is -0.488 e. The molecule has 7 heteroatoms. The van der Waals surface area contributed by atoms with Gasteiger partial charge in [0.05, 0.1) is 6.54 Å². The molecule has 1 amide bonds. The lowest BCUT2D eigenvalue weighted by molar-refractivity contribution is -0.132. The third kappa shape index (κ3) is 6.43. The van der Waals surface area contributed by atoms with Gasteiger partial charge in [-0.15, -0.1) is 0 Å². The zero-order valence-electron chi connectivity index (χ0n) is 16.6. The number of benzene rings is 1. The number of hydrogen-bond acceptors (Lipinski definition) is 5. The van der Waals surface area contributed by atoms with Crippen molar-refractivity contribution in [2.45, 2.75) is 31.8 Å². The predicted molar refractivity (Wildman–Crippen MR) is 106 cm³/mol. The minimum atomic E-state index is -0.676. The number of hydrogen-bond donors (Lipinski definition) is 1. The van der Waals surface area contributed by atoms with Gasteiger partial charge in [-0.2, -0.15) is 0 Å². The molecule has 2 saturated heterocycles. The Hall–Kier alpha value is -1.70. The second kappa shape index (κ2) is 10.7. The summed E-state index contributed by atoms with van der Waals surface area (Å²) in [4.78, 5) is 18.9. The molecule has 1 atom stereocenters. The van der Waals surface area contributed by atoms with Gasteiger partial charge >= 0.3 is 0 Å². The molecular weight excluding hydrogens is 361 g/mol. The topological polar surface area (TPSA) is 56.3 Å². The third-order valence-corrected chi connectivity index (χ3v) is 5.52. The Morgan fingerprint density at radius 2 is 1.64 bits per heavy atom. The first-order valence-electron chi connectivity index (χ1n) is 10.4. The third-order valence-electron chi connectivity index (χ3n) is 5.52. The van der Waals surface area contributed by atoms with E-state index in [4.69, 9.17) is 4.74 Å². The fraction of sp³-hybridized carbons (Fsp3) is 0.667. The molecule has 0 aliphatic carbocycles. The number of piperazine rings is 1. The van der Waals surface area contributed by atoms with E-state index in [0.29, 0.717) is 13.1 Å². The van der Waals surface area contributed by atoms with Crippen LogP contribution in [-0.4, -0.2) is 90.8 Å². The largest absolute Gasteiger partial charge is 0.488 e. The lowest BCUT2D eigenvalue weighted by Gasteiger charge is -2.36. The summed E-state index contributed by atoms with van der Waals surface area (Å²) in [5, 5.41) is 10.2. The van der Waals surface area contributed by atoms with E-state index in [0.717, 1.165) is 52.1 Å². The standard InChI is InChI=1S/C21H32FN3O3/c22-19-7-3-4-8-20(19)28-17-18(26)15-23-11-13-24(14-12-23)16-21(27)25-9-5-1-2-6-10-25/h3-4,7-8,18,26H,1-2,5-6,9-17H2. The van der Waals surface area contributed by atoms with Crippen LogP contribution in [0.15, 0.2) is 24.3 Å². The number of ether oxygens (including phenoxy) is 1. The van der Waals surface area contributed by atoms with Gasteiger partial charge in [0.1, 0.15) is 12.7 Å². The molecule has 0 spiro atoms. The molecule has 2 fully saturated rings. The number of aliphatic hydroxyl groups is 1. The van der Waals surface area contributed by atoms with E-state index < -0.39 is 11.9 Å². The molecule has 0 saturated carbocycles. The van der Waals surface area contributed by atoms with Crippen LogP contribution in [0.25, 0.3) is 0 Å². The first kappa shape index (κ1) is 21.0. The molecule has 28 heavy (non-hydrogen) atoms. The van der Waals surface area contributed by atoms with E-state index in [1.54, 1.807) is 18.2 Å². The quantitative estimate of drug-likeness (QED) is 0.762. The van der Waals surface area contributed by atoms with Gasteiger partial charge in [-0.3, -0.25) is 14.6 Å². The zero-order chi connectivity index (χ0) is 19.8. The molecule has 156 valence electrons. The monoisotopic (exact) mass is 393 g/mol. The van der Waals surface area contributed by atoms with E-state index in [2.05, 4.69) is 9.80 Å². The minimum absolute atomic E-state index is 0.0641. The van der Waals surface area contributed by atoms with Crippen LogP contribution < -0.4 is 4.74 Å². The Labute approximate surface area is 166 Å². The summed E-state index contributed by atoms with van der Waals surface area (Å²) in [7, 11) is 0. The van der Waals surface area contributed by atoms with Crippen LogP contribution in [0.1, 0.15) is 25.7 Å². The maximum atomic E-state index is 13.5. The van der Waals surface area contributed by atoms with Gasteiger partial charge in [-0.05, 0) is 25.0 Å². The normalized spacial score (nSPS) is 20.6. The summed E-state index contributed by atoms with van der Waals surface area (Å²) >= 11 is 0. The number of amides is 1. The van der Waals surface area contributed by atoms with Gasteiger partial charge in [-0.1, -0.05) is 25.0 Å². The summed E-state index contributed by atoms with van der Waals surface area (Å²) in [6, 6.07) is 6.21. The lowest BCUT2D eigenvalue weighted by atomic mass is 10.2. The molecule has 1 aromatic rings. The van der Waals surface area contributed by atoms with E-state index in [1.807, 2.05) is 4.90 Å². The summed E-state index contributed by atoms with van der Waals surface area (Å²) in [5.41, 5.74) is 0. The molecular formula is C21H32FN3O3. The van der Waals surface area contributed by atoms with Crippen molar-refractivity contribution in [2.24, 2.45) is 0 Å². The van der Waals surface area contributed by atoms with E-state index in [9.17, 15) is 14.3 Å². The zero-order valence-corrected chi connectivity index (χ0v) is 16.6. The van der Waals surface area contributed by atoms with Gasteiger partial charge in [0.25, 0.3) is 0 Å². The second-order valence-corrected chi connectivity index (χ2v) is 7.77. The molecule has 0 aromatic heterocycles. The fourth-order valence-electron chi connectivity index (χ4n) is 3.84. The van der Waals surface area contributed by atoms with Crippen molar-refractivity contribution in [3.05, 3.63) is 30.1 Å². The number of halogens is 1. The van der Waals surface area contributed by atoms with E-state index in [-0.39, 0.29) is 18.3 Å². The number of nitrogens with zero attached hydrogens (tertiary/aromatic N) is 3. The maximum Gasteiger partial charge on any atom is 0.236 e. The van der Waals surface area contributed by atoms with Crippen molar-refractivity contribution < 1.29 is 19.0 Å². The number of β-amino-alcohol motifs (C(OH)–C–C–N with tert-alkyl or cyclic N) is 1. The Kier molecular flexibility index (Phi) is 8.06. The average molecular weight is 394 g/mol. The number of rotatable bonds is 7. The lowest BCUT2D eigenvalue weighted by Crippen LogP contribution is -2.51. The van der Waals surface area contributed by atoms with Crippen LogP contribution in [-0.2, 0) is 4.79 Å². The number of carbonyl (C=O) groups excluding carboxylic acids is 1. The first-order valence-corrected chi connectivity index (χ1v) is 10.4. The highest BCUT2D eigenvalue weighted by Crippen LogP contribution is 2.16. The predicted octanol–water partition coefficient (Wildman–Crippen LogP) is 1.59. The van der Waals surface area contributed by atoms with Crippen molar-refractivity contribution in [1.82, 2.24) is 14.7 Å². The van der Waals surface area contributed by atoms with Crippen molar-refractivity contribution in [2.75, 3.05) is 59.0 Å². The van der Waals surface area contributed by atoms with Crippen molar-refractivity contribution >= 4 is 5.91 Å². The molecule has 2 aliphatic rings. The number of likely N-dealkylation sites (tertiary alicyclic amines) is 1. The van der Waals surface area contributed by atoms with Crippen LogP contribution >= 0.6 is 0 Å². The van der Waals surface area contributed by atoms with Gasteiger partial charge < -0.3 is 14.7 Å². The Balaban J connectivity index is 1.34. The number of para-hydroxylation sites is 1. The highest BCUT2D eigenvalue weighted by Gasteiger charge is 2.23. The van der Waals surface area contributed by atoms with Crippen LogP contribution in [0.3, 0.4) is 0 Å². The number of carbonyl (C=O) groups is 1. The molecule has 6 nitrogen and oxygen atoms in total. The highest BCUT2D eigenvalue weighted by molar-refractivity contribution is 5.78. The van der Waals surface area contributed by atoms with Gasteiger partial charge in [0.2, 0.25) is 5.91 Å². The molecule has 2 aliphatic heterocycles. The van der Waals surface area contributed by atoms with Gasteiger partial charge in [0, 0.05) is 45.8 Å². The Bertz CT molecular complexity index is 615. The highest BCUT2D eigenvalue weighted by atomic mass is 19.1. The number of aliphatic hydroxyl groups excluding tert-OH is 1. The van der Waals surface area contributed by atoms with E-state index >= 15 is 0 Å². The SMILES string of the molecule is O=C(CN1CCN(CC(O)COc2ccccc2F)CC1)N1CCCCCC1. The van der Waals surface area contributed by atoms with Crippen LogP contribution in [0.2, 0.25) is 0 Å². The summed E-state index contributed by atoms with van der Waals surface area (Å²) in [5.74, 6) is -0.00976. The van der Waals surface area contributed by atoms with Crippen molar-refractivity contribution in [3.8, 4) is 5.75 Å². The molecule has 3 rings (SSSR count). The van der Waals surface area contributed by atoms with Gasteiger partial charge in [0.15, 0.2) is 11.6 Å². The smallest absolute Gasteiger partial charge is 0.236 e. The molecule has 2 heterocycles. The molecule has 1 aromatic carbocycles. The Morgan fingerprint density at radius 1 is 1.00 bits per heavy atom. The van der Waals surface area contributed by atoms with E-state index in [1.165, 1.54) is 18.9 Å². The average Bonchev–Trinajstić information content (AvgIpc) is 2.98. The first-order chi connectivity index (χ1) is 13.6.